The highest BCUT2D eigenvalue weighted by molar-refractivity contribution is 7.04. The number of aryl methyl sites for hydroxylation is 1. The average molecular weight is 368 g/mol. The number of anilines is 1. The molecule has 0 saturated carbocycles. The summed E-state index contributed by atoms with van der Waals surface area (Å²) in [5.74, 6) is 0. The molecular weight excluding hydrogens is 342 g/mol. The van der Waals surface area contributed by atoms with Crippen molar-refractivity contribution in [1.29, 1.82) is 0 Å². The average Bonchev–Trinajstić information content (AvgIpc) is 3.28. The predicted molar refractivity (Wildman–Crippen MR) is 108 cm³/mol. The number of fused-ring (bicyclic) bond motifs is 1. The van der Waals surface area contributed by atoms with E-state index in [0.29, 0.717) is 5.54 Å². The van der Waals surface area contributed by atoms with E-state index < -0.39 is 0 Å². The van der Waals surface area contributed by atoms with Crippen LogP contribution < -0.4 is 10.2 Å². The highest BCUT2D eigenvalue weighted by atomic mass is 32.1. The molecule has 2 aliphatic rings. The van der Waals surface area contributed by atoms with E-state index in [0.717, 1.165) is 31.0 Å². The zero-order valence-corrected chi connectivity index (χ0v) is 16.0. The molecule has 2 N–H and O–H groups in total. The van der Waals surface area contributed by atoms with E-state index in [1.807, 2.05) is 6.20 Å². The minimum Gasteiger partial charge on any atom is -0.369 e. The van der Waals surface area contributed by atoms with Crippen molar-refractivity contribution in [3.8, 4) is 11.3 Å². The number of aromatic amines is 1. The molecule has 5 heterocycles. The first kappa shape index (κ1) is 16.3. The molecule has 0 bridgehead atoms. The van der Waals surface area contributed by atoms with Gasteiger partial charge in [0.2, 0.25) is 0 Å². The summed E-state index contributed by atoms with van der Waals surface area (Å²) in [6, 6.07) is 2.18. The molecule has 0 aromatic carbocycles. The van der Waals surface area contributed by atoms with Gasteiger partial charge in [0.15, 0.2) is 0 Å². The largest absolute Gasteiger partial charge is 0.369 e. The van der Waals surface area contributed by atoms with Gasteiger partial charge in [-0.1, -0.05) is 6.42 Å². The second-order valence-electron chi connectivity index (χ2n) is 7.79. The second-order valence-corrected chi connectivity index (χ2v) is 8.42. The first-order chi connectivity index (χ1) is 12.8. The number of hydrogen-bond acceptors (Lipinski definition) is 5. The SMILES string of the molecule is Cc1csnc1-c1c[nH]c2nccc(N3CCCC4(CCCCN4)C3)c12. The minimum atomic E-state index is 0.291. The van der Waals surface area contributed by atoms with Crippen LogP contribution in [0.15, 0.2) is 23.8 Å². The number of hydrogen-bond donors (Lipinski definition) is 2. The lowest BCUT2D eigenvalue weighted by molar-refractivity contribution is 0.216. The molecule has 3 aromatic heterocycles. The fraction of sp³-hybridized carbons (Fsp3) is 0.500. The van der Waals surface area contributed by atoms with E-state index in [1.165, 1.54) is 65.8 Å². The van der Waals surface area contributed by atoms with Crippen molar-refractivity contribution in [2.45, 2.75) is 44.6 Å². The molecule has 26 heavy (non-hydrogen) atoms. The van der Waals surface area contributed by atoms with Crippen LogP contribution in [0.5, 0.6) is 0 Å². The summed E-state index contributed by atoms with van der Waals surface area (Å²) in [5, 5.41) is 7.19. The lowest BCUT2D eigenvalue weighted by atomic mass is 9.81. The number of nitrogens with zero attached hydrogens (tertiary/aromatic N) is 3. The van der Waals surface area contributed by atoms with Crippen molar-refractivity contribution in [3.63, 3.8) is 0 Å². The fourth-order valence-corrected chi connectivity index (χ4v) is 5.42. The Bertz CT molecular complexity index is 916. The Labute approximate surface area is 158 Å². The van der Waals surface area contributed by atoms with Crippen LogP contribution in [0.1, 0.15) is 37.7 Å². The number of nitrogens with one attached hydrogen (secondary N) is 2. The Balaban J connectivity index is 1.58. The van der Waals surface area contributed by atoms with Gasteiger partial charge in [0, 0.05) is 42.0 Å². The number of pyridine rings is 1. The summed E-state index contributed by atoms with van der Waals surface area (Å²) in [6.07, 6.45) is 10.5. The number of rotatable bonds is 2. The minimum absolute atomic E-state index is 0.291. The van der Waals surface area contributed by atoms with Crippen LogP contribution in [0.4, 0.5) is 5.69 Å². The first-order valence-corrected chi connectivity index (χ1v) is 10.5. The molecule has 6 heteroatoms. The standard InChI is InChI=1S/C20H25N5S/c1-14-12-26-24-18(14)15-11-22-19-17(15)16(5-9-21-19)25-10-4-7-20(13-25)6-2-3-8-23-20/h5,9,11-12,23H,2-4,6-8,10,13H2,1H3,(H,21,22). The van der Waals surface area contributed by atoms with Gasteiger partial charge in [0.1, 0.15) is 5.65 Å². The maximum atomic E-state index is 4.64. The van der Waals surface area contributed by atoms with Gasteiger partial charge in [0.05, 0.1) is 16.8 Å². The quantitative estimate of drug-likeness (QED) is 0.716. The molecule has 2 saturated heterocycles. The highest BCUT2D eigenvalue weighted by Crippen LogP contribution is 2.39. The van der Waals surface area contributed by atoms with Crippen molar-refractivity contribution in [3.05, 3.63) is 29.4 Å². The van der Waals surface area contributed by atoms with Crippen molar-refractivity contribution in [2.24, 2.45) is 0 Å². The van der Waals surface area contributed by atoms with Crippen LogP contribution >= 0.6 is 11.5 Å². The van der Waals surface area contributed by atoms with Gasteiger partial charge in [-0.3, -0.25) is 0 Å². The molecule has 2 fully saturated rings. The van der Waals surface area contributed by atoms with Gasteiger partial charge < -0.3 is 15.2 Å². The van der Waals surface area contributed by atoms with Crippen molar-refractivity contribution in [2.75, 3.05) is 24.5 Å². The van der Waals surface area contributed by atoms with Crippen molar-refractivity contribution in [1.82, 2.24) is 19.7 Å². The van der Waals surface area contributed by atoms with Crippen LogP contribution in [-0.2, 0) is 0 Å². The van der Waals surface area contributed by atoms with E-state index >= 15 is 0 Å². The number of aromatic nitrogens is 3. The topological polar surface area (TPSA) is 56.8 Å². The highest BCUT2D eigenvalue weighted by Gasteiger charge is 2.37. The van der Waals surface area contributed by atoms with Gasteiger partial charge in [-0.2, -0.15) is 4.37 Å². The molecule has 2 aliphatic heterocycles. The maximum Gasteiger partial charge on any atom is 0.140 e. The van der Waals surface area contributed by atoms with Crippen LogP contribution in [0, 0.1) is 6.92 Å². The summed E-state index contributed by atoms with van der Waals surface area (Å²) < 4.78 is 4.64. The van der Waals surface area contributed by atoms with Crippen LogP contribution in [0.2, 0.25) is 0 Å². The lowest BCUT2D eigenvalue weighted by Gasteiger charge is -2.47. The maximum absolute atomic E-state index is 4.64. The van der Waals surface area contributed by atoms with Gasteiger partial charge in [-0.15, -0.1) is 0 Å². The monoisotopic (exact) mass is 367 g/mol. The zero-order valence-electron chi connectivity index (χ0n) is 15.2. The van der Waals surface area contributed by atoms with E-state index in [-0.39, 0.29) is 0 Å². The Kier molecular flexibility index (Phi) is 3.98. The molecule has 1 spiro atoms. The zero-order chi connectivity index (χ0) is 17.6. The van der Waals surface area contributed by atoms with Gasteiger partial charge >= 0.3 is 0 Å². The third kappa shape index (κ3) is 2.63. The summed E-state index contributed by atoms with van der Waals surface area (Å²) >= 11 is 1.52. The molecule has 5 nitrogen and oxygen atoms in total. The summed E-state index contributed by atoms with van der Waals surface area (Å²) in [5.41, 5.74) is 6.04. The number of H-pyrrole nitrogens is 1. The third-order valence-electron chi connectivity index (χ3n) is 6.05. The fourth-order valence-electron chi connectivity index (χ4n) is 4.75. The predicted octanol–water partition coefficient (Wildman–Crippen LogP) is 4.11. The number of piperidine rings is 2. The molecule has 3 aromatic rings. The lowest BCUT2D eigenvalue weighted by Crippen LogP contribution is -2.59. The Morgan fingerprint density at radius 2 is 2.15 bits per heavy atom. The smallest absolute Gasteiger partial charge is 0.140 e. The molecule has 0 radical (unpaired) electrons. The van der Waals surface area contributed by atoms with Crippen LogP contribution in [-0.4, -0.2) is 39.5 Å². The first-order valence-electron chi connectivity index (χ1n) is 9.63. The molecule has 1 atom stereocenters. The molecule has 1 unspecified atom stereocenters. The Morgan fingerprint density at radius 1 is 1.23 bits per heavy atom. The van der Waals surface area contributed by atoms with Crippen molar-refractivity contribution < 1.29 is 0 Å². The third-order valence-corrected chi connectivity index (χ3v) is 6.80. The van der Waals surface area contributed by atoms with E-state index in [1.54, 1.807) is 0 Å². The molecule has 136 valence electrons. The summed E-state index contributed by atoms with van der Waals surface area (Å²) in [4.78, 5) is 10.5. The molecule has 0 amide bonds. The van der Waals surface area contributed by atoms with Crippen molar-refractivity contribution >= 4 is 28.3 Å². The summed E-state index contributed by atoms with van der Waals surface area (Å²) in [7, 11) is 0. The van der Waals surface area contributed by atoms with Gasteiger partial charge in [0.25, 0.3) is 0 Å². The molecule has 0 aliphatic carbocycles. The Morgan fingerprint density at radius 3 is 2.96 bits per heavy atom. The molecular formula is C20H25N5S. The molecule has 5 rings (SSSR count). The van der Waals surface area contributed by atoms with Gasteiger partial charge in [-0.05, 0) is 62.3 Å². The second kappa shape index (κ2) is 6.35. The van der Waals surface area contributed by atoms with Gasteiger partial charge in [-0.25, -0.2) is 4.98 Å². The van der Waals surface area contributed by atoms with Crippen LogP contribution in [0.25, 0.3) is 22.3 Å². The normalized spacial score (nSPS) is 23.8. The Hall–Kier alpha value is -1.92. The van der Waals surface area contributed by atoms with E-state index in [9.17, 15) is 0 Å². The van der Waals surface area contributed by atoms with Crippen LogP contribution in [0.3, 0.4) is 0 Å². The van der Waals surface area contributed by atoms with E-state index in [2.05, 4.69) is 49.1 Å². The summed E-state index contributed by atoms with van der Waals surface area (Å²) in [6.45, 7) is 5.50. The van der Waals surface area contributed by atoms with E-state index in [4.69, 9.17) is 0 Å².